The highest BCUT2D eigenvalue weighted by Crippen LogP contribution is 2.10. The zero-order valence-corrected chi connectivity index (χ0v) is 10.9. The van der Waals surface area contributed by atoms with Crippen LogP contribution in [0.4, 0.5) is 0 Å². The number of morpholine rings is 1. The van der Waals surface area contributed by atoms with E-state index in [-0.39, 0.29) is 30.8 Å². The third-order valence-electron chi connectivity index (χ3n) is 2.43. The zero-order chi connectivity index (χ0) is 13.7. The van der Waals surface area contributed by atoms with Crippen LogP contribution in [-0.4, -0.2) is 65.3 Å². The molecule has 2 unspecified atom stereocenters. The molecule has 2 atom stereocenters. The molecule has 18 heavy (non-hydrogen) atoms. The molecular weight excluding hydrogens is 258 g/mol. The summed E-state index contributed by atoms with van der Waals surface area (Å²) in [5.41, 5.74) is 5.22. The van der Waals surface area contributed by atoms with E-state index in [4.69, 9.17) is 15.6 Å². The van der Waals surface area contributed by atoms with Gasteiger partial charge >= 0.3 is 11.8 Å². The normalized spacial score (nSPS) is 23.6. The van der Waals surface area contributed by atoms with E-state index in [9.17, 15) is 9.59 Å². The Morgan fingerprint density at radius 1 is 1.56 bits per heavy atom. The summed E-state index contributed by atoms with van der Waals surface area (Å²) in [6.45, 7) is 2.08. The van der Waals surface area contributed by atoms with Crippen molar-refractivity contribution in [3.8, 4) is 0 Å². The number of nitrogens with one attached hydrogen (secondary N) is 1. The van der Waals surface area contributed by atoms with E-state index in [1.165, 1.54) is 4.90 Å². The quantitative estimate of drug-likeness (QED) is 0.406. The van der Waals surface area contributed by atoms with E-state index < -0.39 is 17.9 Å². The maximum absolute atomic E-state index is 11.8. The first-order chi connectivity index (χ1) is 8.43. The predicted octanol–water partition coefficient (Wildman–Crippen LogP) is -2.00. The minimum Gasteiger partial charge on any atom is -0.394 e. The number of hydrogen-bond donors (Lipinski definition) is 3. The van der Waals surface area contributed by atoms with Gasteiger partial charge in [-0.3, -0.25) is 9.59 Å². The maximum Gasteiger partial charge on any atom is 0.312 e. The Labute approximate surface area is 110 Å². The molecule has 1 aliphatic rings. The van der Waals surface area contributed by atoms with Gasteiger partial charge < -0.3 is 25.8 Å². The fourth-order valence-electron chi connectivity index (χ4n) is 1.70. The van der Waals surface area contributed by atoms with E-state index >= 15 is 0 Å². The lowest BCUT2D eigenvalue weighted by atomic mass is 10.2. The monoisotopic (exact) mass is 275 g/mol. The summed E-state index contributed by atoms with van der Waals surface area (Å²) in [5.74, 6) is -1.42. The van der Waals surface area contributed by atoms with Crippen LogP contribution in [0.5, 0.6) is 0 Å². The Morgan fingerprint density at radius 2 is 2.22 bits per heavy atom. The minimum absolute atomic E-state index is 0.0107. The van der Waals surface area contributed by atoms with Crippen molar-refractivity contribution in [2.45, 2.75) is 19.1 Å². The Kier molecular flexibility index (Phi) is 5.45. The molecule has 0 spiro atoms. The third kappa shape index (κ3) is 4.21. The number of ether oxygens (including phenoxy) is 1. The maximum atomic E-state index is 11.8. The van der Waals surface area contributed by atoms with Crippen molar-refractivity contribution in [3.63, 3.8) is 0 Å². The van der Waals surface area contributed by atoms with Crippen LogP contribution in [0, 0.1) is 0 Å². The highest BCUT2D eigenvalue weighted by atomic mass is 32.1. The second kappa shape index (κ2) is 6.62. The predicted molar refractivity (Wildman–Crippen MR) is 67.8 cm³/mol. The van der Waals surface area contributed by atoms with E-state index in [1.54, 1.807) is 6.92 Å². The molecule has 1 aliphatic heterocycles. The molecule has 1 rings (SSSR count). The Bertz CT molecular complexity index is 350. The Hall–Kier alpha value is -1.25. The van der Waals surface area contributed by atoms with E-state index in [0.717, 1.165) is 0 Å². The number of aliphatic hydroxyl groups excluding tert-OH is 1. The molecule has 8 heteroatoms. The number of hydrogen-bond acceptors (Lipinski definition) is 5. The molecule has 0 radical (unpaired) electrons. The highest BCUT2D eigenvalue weighted by Gasteiger charge is 2.31. The van der Waals surface area contributed by atoms with Crippen LogP contribution in [0.2, 0.25) is 0 Å². The molecule has 102 valence electrons. The first-order valence-corrected chi connectivity index (χ1v) is 5.96. The van der Waals surface area contributed by atoms with Gasteiger partial charge in [0.15, 0.2) is 0 Å². The molecule has 2 amide bonds. The average molecular weight is 275 g/mol. The standard InChI is InChI=1S/C10H17N3O4S/c1-6-3-13(4-7(5-14)17-6)10(16)9(15)12-2-8(11)18/h6-7,14H,2-5H2,1H3,(H2,11,18)(H,12,15). The SMILES string of the molecule is CC1CN(C(=O)C(=O)NCC(N)=S)CC(CO)O1. The Balaban J connectivity index is 2.54. The minimum atomic E-state index is -0.756. The molecule has 4 N–H and O–H groups in total. The van der Waals surface area contributed by atoms with Crippen LogP contribution in [-0.2, 0) is 14.3 Å². The second-order valence-electron chi connectivity index (χ2n) is 4.11. The van der Waals surface area contributed by atoms with Crippen LogP contribution in [0.3, 0.4) is 0 Å². The number of carbonyl (C=O) groups excluding carboxylic acids is 2. The van der Waals surface area contributed by atoms with Gasteiger partial charge in [0, 0.05) is 13.1 Å². The van der Waals surface area contributed by atoms with Crippen molar-refractivity contribution in [2.75, 3.05) is 26.2 Å². The van der Waals surface area contributed by atoms with Gasteiger partial charge in [-0.15, -0.1) is 0 Å². The Morgan fingerprint density at radius 3 is 2.78 bits per heavy atom. The number of nitrogens with two attached hydrogens (primary N) is 1. The lowest BCUT2D eigenvalue weighted by Gasteiger charge is -2.35. The summed E-state index contributed by atoms with van der Waals surface area (Å²) in [7, 11) is 0. The van der Waals surface area contributed by atoms with Gasteiger partial charge in [-0.25, -0.2) is 0 Å². The van der Waals surface area contributed by atoms with Crippen molar-refractivity contribution in [1.82, 2.24) is 10.2 Å². The zero-order valence-electron chi connectivity index (χ0n) is 10.1. The molecule has 0 aromatic carbocycles. The van der Waals surface area contributed by atoms with Crippen LogP contribution in [0.25, 0.3) is 0 Å². The fraction of sp³-hybridized carbons (Fsp3) is 0.700. The van der Waals surface area contributed by atoms with Crippen molar-refractivity contribution in [1.29, 1.82) is 0 Å². The van der Waals surface area contributed by atoms with Crippen molar-refractivity contribution in [3.05, 3.63) is 0 Å². The van der Waals surface area contributed by atoms with Crippen LogP contribution >= 0.6 is 12.2 Å². The summed E-state index contributed by atoms with van der Waals surface area (Å²) >= 11 is 4.60. The van der Waals surface area contributed by atoms with Gasteiger partial charge in [0.05, 0.1) is 30.3 Å². The average Bonchev–Trinajstić information content (AvgIpc) is 2.34. The number of nitrogens with zero attached hydrogens (tertiary/aromatic N) is 1. The summed E-state index contributed by atoms with van der Waals surface area (Å²) in [5, 5.41) is 11.4. The highest BCUT2D eigenvalue weighted by molar-refractivity contribution is 7.80. The van der Waals surface area contributed by atoms with Crippen LogP contribution in [0.15, 0.2) is 0 Å². The van der Waals surface area contributed by atoms with Gasteiger partial charge in [0.25, 0.3) is 0 Å². The number of rotatable bonds is 3. The van der Waals surface area contributed by atoms with E-state index in [1.807, 2.05) is 0 Å². The first kappa shape index (κ1) is 14.8. The topological polar surface area (TPSA) is 105 Å². The molecule has 0 aliphatic carbocycles. The molecule has 0 aromatic heterocycles. The van der Waals surface area contributed by atoms with E-state index in [0.29, 0.717) is 6.54 Å². The summed E-state index contributed by atoms with van der Waals surface area (Å²) in [6, 6.07) is 0. The molecule has 1 saturated heterocycles. The molecule has 0 saturated carbocycles. The van der Waals surface area contributed by atoms with Gasteiger partial charge in [0.1, 0.15) is 0 Å². The summed E-state index contributed by atoms with van der Waals surface area (Å²) in [6.07, 6.45) is -0.677. The summed E-state index contributed by atoms with van der Waals surface area (Å²) < 4.78 is 5.38. The lowest BCUT2D eigenvalue weighted by molar-refractivity contribution is -0.155. The van der Waals surface area contributed by atoms with Gasteiger partial charge in [-0.05, 0) is 6.92 Å². The van der Waals surface area contributed by atoms with Crippen molar-refractivity contribution in [2.24, 2.45) is 5.73 Å². The molecule has 1 heterocycles. The van der Waals surface area contributed by atoms with Gasteiger partial charge in [0.2, 0.25) is 0 Å². The largest absolute Gasteiger partial charge is 0.394 e. The lowest BCUT2D eigenvalue weighted by Crippen LogP contribution is -2.54. The number of amides is 2. The van der Waals surface area contributed by atoms with Crippen LogP contribution < -0.4 is 11.1 Å². The van der Waals surface area contributed by atoms with Crippen molar-refractivity contribution >= 4 is 29.0 Å². The van der Waals surface area contributed by atoms with Gasteiger partial charge in [-0.1, -0.05) is 12.2 Å². The van der Waals surface area contributed by atoms with E-state index in [2.05, 4.69) is 17.5 Å². The third-order valence-corrected chi connectivity index (χ3v) is 2.58. The molecule has 7 nitrogen and oxygen atoms in total. The number of thiocarbonyl (C=S) groups is 1. The second-order valence-corrected chi connectivity index (χ2v) is 4.63. The van der Waals surface area contributed by atoms with Gasteiger partial charge in [-0.2, -0.15) is 0 Å². The number of aliphatic hydroxyl groups is 1. The molecular formula is C10H17N3O4S. The molecule has 0 aromatic rings. The molecule has 0 bridgehead atoms. The first-order valence-electron chi connectivity index (χ1n) is 5.55. The number of carbonyl (C=O) groups is 2. The molecule has 1 fully saturated rings. The summed E-state index contributed by atoms with van der Waals surface area (Å²) in [4.78, 5) is 24.8. The smallest absolute Gasteiger partial charge is 0.312 e. The fourth-order valence-corrected chi connectivity index (χ4v) is 1.77. The van der Waals surface area contributed by atoms with Crippen LogP contribution in [0.1, 0.15) is 6.92 Å². The van der Waals surface area contributed by atoms with Crippen molar-refractivity contribution < 1.29 is 19.4 Å².